The molecule has 3 N–H and O–H groups in total. The van der Waals surface area contributed by atoms with E-state index in [0.717, 1.165) is 15.9 Å². The molecule has 0 spiro atoms. The van der Waals surface area contributed by atoms with E-state index < -0.39 is 0 Å². The minimum absolute atomic E-state index is 0.262. The van der Waals surface area contributed by atoms with Gasteiger partial charge < -0.3 is 5.73 Å². The van der Waals surface area contributed by atoms with E-state index in [1.165, 1.54) is 16.0 Å². The fourth-order valence-corrected chi connectivity index (χ4v) is 2.84. The van der Waals surface area contributed by atoms with E-state index in [9.17, 15) is 4.79 Å². The fourth-order valence-electron chi connectivity index (χ4n) is 1.81. The first kappa shape index (κ1) is 12.5. The first-order chi connectivity index (χ1) is 9.54. The van der Waals surface area contributed by atoms with Crippen molar-refractivity contribution < 1.29 is 14.0 Å². The molecule has 20 heavy (non-hydrogen) atoms. The van der Waals surface area contributed by atoms with E-state index in [-0.39, 0.29) is 11.8 Å². The highest BCUT2D eigenvalue weighted by Gasteiger charge is 2.19. The molecule has 0 bridgehead atoms. The average molecular weight is 290 g/mol. The SMILES string of the molecule is Cc1ccc2c(N)c(C(=O)Nc3c[n+](C)no3)sc2n1. The zero-order valence-corrected chi connectivity index (χ0v) is 11.7. The quantitative estimate of drug-likeness (QED) is 0.692. The van der Waals surface area contributed by atoms with Gasteiger partial charge in [-0.15, -0.1) is 11.3 Å². The number of carbonyl (C=O) groups excluding carboxylic acids is 1. The lowest BCUT2D eigenvalue weighted by atomic mass is 10.2. The Kier molecular flexibility index (Phi) is 2.87. The van der Waals surface area contributed by atoms with E-state index in [4.69, 9.17) is 10.3 Å². The summed E-state index contributed by atoms with van der Waals surface area (Å²) in [5, 5.41) is 7.02. The van der Waals surface area contributed by atoms with Gasteiger partial charge in [0.1, 0.15) is 9.71 Å². The highest BCUT2D eigenvalue weighted by Crippen LogP contribution is 2.32. The summed E-state index contributed by atoms with van der Waals surface area (Å²) in [6.07, 6.45) is 1.56. The van der Waals surface area contributed by atoms with Gasteiger partial charge in [-0.2, -0.15) is 0 Å². The molecule has 0 fully saturated rings. The highest BCUT2D eigenvalue weighted by atomic mass is 32.1. The third-order valence-corrected chi connectivity index (χ3v) is 3.86. The molecule has 3 rings (SSSR count). The van der Waals surface area contributed by atoms with Crippen molar-refractivity contribution in [1.82, 2.24) is 10.3 Å². The van der Waals surface area contributed by atoms with Gasteiger partial charge in [-0.25, -0.2) is 4.98 Å². The maximum absolute atomic E-state index is 12.2. The number of aromatic nitrogens is 3. The maximum Gasteiger partial charge on any atom is 0.302 e. The second-order valence-corrected chi connectivity index (χ2v) is 5.34. The summed E-state index contributed by atoms with van der Waals surface area (Å²) in [4.78, 5) is 17.7. The molecule has 0 radical (unpaired) electrons. The van der Waals surface area contributed by atoms with Crippen molar-refractivity contribution in [2.45, 2.75) is 6.92 Å². The van der Waals surface area contributed by atoms with Gasteiger partial charge in [0.05, 0.1) is 5.69 Å². The van der Waals surface area contributed by atoms with Gasteiger partial charge >= 0.3 is 5.88 Å². The molecule has 0 aliphatic rings. The fraction of sp³-hybridized carbons (Fsp3) is 0.167. The van der Waals surface area contributed by atoms with Gasteiger partial charge in [0.2, 0.25) is 0 Å². The summed E-state index contributed by atoms with van der Waals surface area (Å²) in [6.45, 7) is 1.89. The number of hydrogen-bond donors (Lipinski definition) is 2. The molecular weight excluding hydrogens is 278 g/mol. The Morgan fingerprint density at radius 3 is 3.00 bits per heavy atom. The van der Waals surface area contributed by atoms with Gasteiger partial charge in [0.15, 0.2) is 12.3 Å². The van der Waals surface area contributed by atoms with Gasteiger partial charge in [-0.3, -0.25) is 14.6 Å². The highest BCUT2D eigenvalue weighted by molar-refractivity contribution is 7.21. The number of pyridine rings is 1. The van der Waals surface area contributed by atoms with E-state index in [1.54, 1.807) is 13.2 Å². The van der Waals surface area contributed by atoms with Gasteiger partial charge in [-0.1, -0.05) is 4.68 Å². The van der Waals surface area contributed by atoms with E-state index in [2.05, 4.69) is 15.6 Å². The van der Waals surface area contributed by atoms with Crippen LogP contribution in [0.25, 0.3) is 10.2 Å². The Morgan fingerprint density at radius 1 is 1.50 bits per heavy atom. The summed E-state index contributed by atoms with van der Waals surface area (Å²) in [5.74, 6) is -0.0709. The van der Waals surface area contributed by atoms with Crippen molar-refractivity contribution in [3.8, 4) is 0 Å². The second-order valence-electron chi connectivity index (χ2n) is 4.34. The zero-order valence-electron chi connectivity index (χ0n) is 10.9. The predicted octanol–water partition coefficient (Wildman–Crippen LogP) is 1.25. The molecule has 0 atom stereocenters. The maximum atomic E-state index is 12.2. The number of hydrogen-bond acceptors (Lipinski definition) is 6. The molecule has 8 heteroatoms. The number of nitrogens with one attached hydrogen (secondary N) is 1. The monoisotopic (exact) mass is 290 g/mol. The zero-order chi connectivity index (χ0) is 14.3. The van der Waals surface area contributed by atoms with Crippen LogP contribution in [0.15, 0.2) is 22.9 Å². The van der Waals surface area contributed by atoms with Crippen molar-refractivity contribution in [2.75, 3.05) is 11.1 Å². The van der Waals surface area contributed by atoms with Crippen LogP contribution in [0.3, 0.4) is 0 Å². The van der Waals surface area contributed by atoms with Gasteiger partial charge in [-0.05, 0) is 19.1 Å². The number of nitrogens with zero attached hydrogens (tertiary/aromatic N) is 3. The molecule has 3 aromatic rings. The Morgan fingerprint density at radius 2 is 2.30 bits per heavy atom. The molecule has 0 aliphatic carbocycles. The summed E-state index contributed by atoms with van der Waals surface area (Å²) in [5.41, 5.74) is 7.32. The van der Waals surface area contributed by atoms with Crippen molar-refractivity contribution in [3.63, 3.8) is 0 Å². The van der Waals surface area contributed by atoms with Crippen LogP contribution in [-0.2, 0) is 7.05 Å². The molecule has 0 saturated carbocycles. The molecule has 7 nitrogen and oxygen atoms in total. The lowest BCUT2D eigenvalue weighted by molar-refractivity contribution is -0.739. The number of nitrogens with two attached hydrogens (primary N) is 1. The number of amides is 1. The van der Waals surface area contributed by atoms with Crippen LogP contribution < -0.4 is 15.7 Å². The van der Waals surface area contributed by atoms with Gasteiger partial charge in [0.25, 0.3) is 12.1 Å². The number of aryl methyl sites for hydroxylation is 2. The first-order valence-corrected chi connectivity index (χ1v) is 6.66. The third-order valence-electron chi connectivity index (χ3n) is 2.75. The molecule has 0 aromatic carbocycles. The van der Waals surface area contributed by atoms with E-state index in [0.29, 0.717) is 10.6 Å². The number of nitrogen functional groups attached to an aromatic ring is 1. The number of thiophene rings is 1. The summed E-state index contributed by atoms with van der Waals surface area (Å²) < 4.78 is 6.37. The number of anilines is 2. The number of rotatable bonds is 2. The molecular formula is C12H12N5O2S+. The second kappa shape index (κ2) is 4.57. The number of carbonyl (C=O) groups is 1. The average Bonchev–Trinajstić information content (AvgIpc) is 2.94. The van der Waals surface area contributed by atoms with Crippen molar-refractivity contribution in [3.05, 3.63) is 28.9 Å². The topological polar surface area (TPSA) is 97.9 Å². The lowest BCUT2D eigenvalue weighted by Gasteiger charge is -1.97. The Labute approximate surface area is 118 Å². The Balaban J connectivity index is 1.97. The van der Waals surface area contributed by atoms with Crippen LogP contribution in [0.4, 0.5) is 11.6 Å². The largest absolute Gasteiger partial charge is 0.397 e. The third kappa shape index (κ3) is 2.10. The van der Waals surface area contributed by atoms with Crippen LogP contribution >= 0.6 is 11.3 Å². The minimum atomic E-state index is -0.333. The summed E-state index contributed by atoms with van der Waals surface area (Å²) >= 11 is 1.26. The molecule has 3 aromatic heterocycles. The summed E-state index contributed by atoms with van der Waals surface area (Å²) in [7, 11) is 1.69. The minimum Gasteiger partial charge on any atom is -0.397 e. The standard InChI is InChI=1S/C12H11N5O2S/c1-6-3-4-7-9(13)10(20-12(7)14-6)11(18)15-8-5-17(2)16-19-8/h3-5H,1-2H3,(H2-,13,15,16,18)/p+1. The molecule has 0 saturated heterocycles. The predicted molar refractivity (Wildman–Crippen MR) is 74.4 cm³/mol. The smallest absolute Gasteiger partial charge is 0.302 e. The van der Waals surface area contributed by atoms with E-state index in [1.807, 2.05) is 19.1 Å². The van der Waals surface area contributed by atoms with Crippen LogP contribution in [0, 0.1) is 6.92 Å². The van der Waals surface area contributed by atoms with Crippen LogP contribution in [0.2, 0.25) is 0 Å². The molecule has 0 unspecified atom stereocenters. The van der Waals surface area contributed by atoms with Crippen molar-refractivity contribution in [2.24, 2.45) is 7.05 Å². The Hall–Kier alpha value is -2.48. The van der Waals surface area contributed by atoms with Crippen LogP contribution in [-0.4, -0.2) is 16.2 Å². The van der Waals surface area contributed by atoms with E-state index >= 15 is 0 Å². The van der Waals surface area contributed by atoms with Crippen molar-refractivity contribution >= 4 is 39.0 Å². The van der Waals surface area contributed by atoms with Crippen LogP contribution in [0.5, 0.6) is 0 Å². The van der Waals surface area contributed by atoms with Crippen molar-refractivity contribution in [1.29, 1.82) is 0 Å². The lowest BCUT2D eigenvalue weighted by Crippen LogP contribution is -2.28. The Bertz CT molecular complexity index is 807. The summed E-state index contributed by atoms with van der Waals surface area (Å²) in [6, 6.07) is 3.73. The number of fused-ring (bicyclic) bond motifs is 1. The van der Waals surface area contributed by atoms with Gasteiger partial charge in [0, 0.05) is 11.1 Å². The normalized spacial score (nSPS) is 10.9. The molecule has 3 heterocycles. The first-order valence-electron chi connectivity index (χ1n) is 5.84. The molecule has 1 amide bonds. The molecule has 102 valence electrons. The molecule has 0 aliphatic heterocycles. The van der Waals surface area contributed by atoms with Crippen LogP contribution in [0.1, 0.15) is 15.4 Å².